The maximum Gasteiger partial charge on any atom is 0.327 e. The molecule has 0 spiro atoms. The molecule has 0 aromatic heterocycles. The van der Waals surface area contributed by atoms with Gasteiger partial charge in [-0.2, -0.15) is 0 Å². The number of carbonyl (C=O) groups is 2. The van der Waals surface area contributed by atoms with Gasteiger partial charge in [-0.05, 0) is 6.92 Å². The smallest absolute Gasteiger partial charge is 0.327 e. The molecule has 0 radical (unpaired) electrons. The molecule has 0 unspecified atom stereocenters. The summed E-state index contributed by atoms with van der Waals surface area (Å²) in [4.78, 5) is 22.3. The van der Waals surface area contributed by atoms with Gasteiger partial charge in [-0.15, -0.1) is 0 Å². The number of rotatable bonds is 2. The van der Waals surface area contributed by atoms with Gasteiger partial charge in [0.15, 0.2) is 0 Å². The molecule has 1 rings (SSSR count). The number of nitrogens with zero attached hydrogens (tertiary/aromatic N) is 1. The highest BCUT2D eigenvalue weighted by Gasteiger charge is 2.16. The number of ether oxygens (including phenoxy) is 1. The summed E-state index contributed by atoms with van der Waals surface area (Å²) in [5.41, 5.74) is 0.604. The Hall–Kier alpha value is -1.62. The molecule has 5 nitrogen and oxygen atoms in total. The molecule has 1 amide bonds. The van der Waals surface area contributed by atoms with E-state index >= 15 is 0 Å². The molecule has 1 aliphatic heterocycles. The van der Waals surface area contributed by atoms with Gasteiger partial charge in [0.2, 0.25) is 5.91 Å². The van der Waals surface area contributed by atoms with Crippen LogP contribution < -0.4 is 0 Å². The van der Waals surface area contributed by atoms with E-state index in [-0.39, 0.29) is 5.91 Å². The monoisotopic (exact) mass is 227 g/mol. The predicted molar refractivity (Wildman–Crippen MR) is 60.0 cm³/mol. The zero-order valence-electron chi connectivity index (χ0n) is 9.44. The molecular weight excluding hydrogens is 210 g/mol. The van der Waals surface area contributed by atoms with Gasteiger partial charge in [-0.25, -0.2) is 4.79 Å². The van der Waals surface area contributed by atoms with Crippen molar-refractivity contribution >= 4 is 11.9 Å². The van der Waals surface area contributed by atoms with Crippen molar-refractivity contribution in [3.05, 3.63) is 24.8 Å². The molecule has 1 aliphatic rings. The maximum absolute atomic E-state index is 11.3. The first-order chi connectivity index (χ1) is 7.49. The van der Waals surface area contributed by atoms with Crippen molar-refractivity contribution in [3.63, 3.8) is 0 Å². The van der Waals surface area contributed by atoms with Crippen molar-refractivity contribution in [1.82, 2.24) is 4.90 Å². The lowest BCUT2D eigenvalue weighted by Crippen LogP contribution is -2.40. The number of carboxylic acids is 1. The number of aliphatic carboxylic acids is 1. The Morgan fingerprint density at radius 2 is 1.81 bits per heavy atom. The molecule has 0 aromatic rings. The number of amides is 1. The third kappa shape index (κ3) is 5.98. The van der Waals surface area contributed by atoms with Gasteiger partial charge in [0.25, 0.3) is 0 Å². The van der Waals surface area contributed by atoms with Gasteiger partial charge in [0.05, 0.1) is 13.2 Å². The van der Waals surface area contributed by atoms with Crippen LogP contribution in [0.2, 0.25) is 0 Å². The van der Waals surface area contributed by atoms with E-state index in [0.29, 0.717) is 31.9 Å². The zero-order chi connectivity index (χ0) is 12.6. The molecule has 0 aromatic carbocycles. The SMILES string of the molecule is C=C(C)C(=O)N1CCOCC1.C=CC(=O)O. The zero-order valence-corrected chi connectivity index (χ0v) is 9.44. The fourth-order valence-corrected chi connectivity index (χ4v) is 1.04. The molecule has 1 N–H and O–H groups in total. The van der Waals surface area contributed by atoms with E-state index in [2.05, 4.69) is 13.2 Å². The van der Waals surface area contributed by atoms with Gasteiger partial charge in [-0.3, -0.25) is 4.79 Å². The van der Waals surface area contributed by atoms with Crippen molar-refractivity contribution < 1.29 is 19.4 Å². The van der Waals surface area contributed by atoms with Crippen molar-refractivity contribution in [2.24, 2.45) is 0 Å². The number of hydrogen-bond acceptors (Lipinski definition) is 3. The van der Waals surface area contributed by atoms with Crippen LogP contribution in [0.3, 0.4) is 0 Å². The second kappa shape index (κ2) is 7.64. The van der Waals surface area contributed by atoms with Gasteiger partial charge < -0.3 is 14.7 Å². The standard InChI is InChI=1S/C8H13NO2.C3H4O2/c1-7(2)8(10)9-3-5-11-6-4-9;1-2-3(4)5/h1,3-6H2,2H3;2H,1H2,(H,4,5). The van der Waals surface area contributed by atoms with Crippen molar-refractivity contribution in [3.8, 4) is 0 Å². The summed E-state index contributed by atoms with van der Waals surface area (Å²) < 4.78 is 5.11. The van der Waals surface area contributed by atoms with Crippen LogP contribution in [0.5, 0.6) is 0 Å². The van der Waals surface area contributed by atoms with Crippen molar-refractivity contribution in [1.29, 1.82) is 0 Å². The van der Waals surface area contributed by atoms with Crippen molar-refractivity contribution in [2.45, 2.75) is 6.92 Å². The van der Waals surface area contributed by atoms with Crippen LogP contribution in [0.15, 0.2) is 24.8 Å². The van der Waals surface area contributed by atoms with E-state index in [4.69, 9.17) is 9.84 Å². The van der Waals surface area contributed by atoms with E-state index in [1.54, 1.807) is 11.8 Å². The minimum atomic E-state index is -0.981. The summed E-state index contributed by atoms with van der Waals surface area (Å²) in [5.74, 6) is -0.932. The van der Waals surface area contributed by atoms with Crippen LogP contribution in [0.25, 0.3) is 0 Å². The molecule has 0 bridgehead atoms. The lowest BCUT2D eigenvalue weighted by Gasteiger charge is -2.26. The van der Waals surface area contributed by atoms with Crippen molar-refractivity contribution in [2.75, 3.05) is 26.3 Å². The van der Waals surface area contributed by atoms with Gasteiger partial charge in [0, 0.05) is 24.7 Å². The average molecular weight is 227 g/mol. The summed E-state index contributed by atoms with van der Waals surface area (Å²) in [6.07, 6.45) is 0.833. The van der Waals surface area contributed by atoms with E-state index in [1.807, 2.05) is 0 Å². The largest absolute Gasteiger partial charge is 0.478 e. The quantitative estimate of drug-likeness (QED) is 0.704. The summed E-state index contributed by atoms with van der Waals surface area (Å²) in [6.45, 7) is 11.0. The second-order valence-electron chi connectivity index (χ2n) is 3.23. The molecule has 5 heteroatoms. The van der Waals surface area contributed by atoms with Gasteiger partial charge in [-0.1, -0.05) is 13.2 Å². The highest BCUT2D eigenvalue weighted by Crippen LogP contribution is 2.01. The second-order valence-corrected chi connectivity index (χ2v) is 3.23. The Bertz CT molecular complexity index is 280. The third-order valence-corrected chi connectivity index (χ3v) is 1.84. The fraction of sp³-hybridized carbons (Fsp3) is 0.455. The maximum atomic E-state index is 11.3. The Morgan fingerprint density at radius 1 is 1.38 bits per heavy atom. The summed E-state index contributed by atoms with van der Waals surface area (Å²) >= 11 is 0. The highest BCUT2D eigenvalue weighted by molar-refractivity contribution is 5.92. The lowest BCUT2D eigenvalue weighted by molar-refractivity contribution is -0.132. The number of hydrogen-bond donors (Lipinski definition) is 1. The molecule has 1 heterocycles. The third-order valence-electron chi connectivity index (χ3n) is 1.84. The molecule has 0 atom stereocenters. The highest BCUT2D eigenvalue weighted by atomic mass is 16.5. The minimum absolute atomic E-state index is 0.0494. The van der Waals surface area contributed by atoms with E-state index in [0.717, 1.165) is 6.08 Å². The predicted octanol–water partition coefficient (Wildman–Crippen LogP) is 0.678. The molecule has 16 heavy (non-hydrogen) atoms. The molecule has 0 aliphatic carbocycles. The average Bonchev–Trinajstić information content (AvgIpc) is 2.29. The summed E-state index contributed by atoms with van der Waals surface area (Å²) in [5, 5.41) is 7.60. The molecule has 0 saturated carbocycles. The number of carboxylic acid groups (broad SMARTS) is 1. The topological polar surface area (TPSA) is 66.8 Å². The van der Waals surface area contributed by atoms with Crippen LogP contribution in [0.4, 0.5) is 0 Å². The van der Waals surface area contributed by atoms with E-state index in [9.17, 15) is 9.59 Å². The van der Waals surface area contributed by atoms with Crippen LogP contribution >= 0.6 is 0 Å². The molecule has 90 valence electrons. The first-order valence-corrected chi connectivity index (χ1v) is 4.87. The Balaban J connectivity index is 0.000000385. The number of carbonyl (C=O) groups excluding carboxylic acids is 1. The van der Waals surface area contributed by atoms with Crippen LogP contribution in [-0.2, 0) is 14.3 Å². The first-order valence-electron chi connectivity index (χ1n) is 4.87. The Labute approximate surface area is 95.0 Å². The normalized spacial score (nSPS) is 14.4. The molecule has 1 saturated heterocycles. The van der Waals surface area contributed by atoms with E-state index in [1.165, 1.54) is 0 Å². The Morgan fingerprint density at radius 3 is 2.12 bits per heavy atom. The summed E-state index contributed by atoms with van der Waals surface area (Å²) in [7, 11) is 0. The van der Waals surface area contributed by atoms with Crippen LogP contribution in [-0.4, -0.2) is 48.2 Å². The summed E-state index contributed by atoms with van der Waals surface area (Å²) in [6, 6.07) is 0. The van der Waals surface area contributed by atoms with Crippen LogP contribution in [0, 0.1) is 0 Å². The lowest BCUT2D eigenvalue weighted by atomic mass is 10.3. The van der Waals surface area contributed by atoms with Gasteiger partial charge >= 0.3 is 5.97 Å². The van der Waals surface area contributed by atoms with Crippen LogP contribution in [0.1, 0.15) is 6.92 Å². The molecule has 1 fully saturated rings. The minimum Gasteiger partial charge on any atom is -0.478 e. The fourth-order valence-electron chi connectivity index (χ4n) is 1.04. The van der Waals surface area contributed by atoms with E-state index < -0.39 is 5.97 Å². The molecular formula is C11H17NO4. The number of morpholine rings is 1. The first kappa shape index (κ1) is 14.4. The van der Waals surface area contributed by atoms with Gasteiger partial charge in [0.1, 0.15) is 0 Å². The Kier molecular flexibility index (Phi) is 6.87.